The molecule has 0 spiro atoms. The first-order valence-corrected chi connectivity index (χ1v) is 2.88. The molecule has 0 rings (SSSR count). The van der Waals surface area contributed by atoms with Gasteiger partial charge in [0.05, 0.1) is 4.92 Å². The lowest BCUT2D eigenvalue weighted by Crippen LogP contribution is -2.38. The summed E-state index contributed by atoms with van der Waals surface area (Å²) in [6.07, 6.45) is -1.99. The predicted octanol–water partition coefficient (Wildman–Crippen LogP) is -0.315. The molecular formula is C3H6BrNO4. The van der Waals surface area contributed by atoms with Crippen LogP contribution < -0.4 is 0 Å². The molecule has 0 aliphatic carbocycles. The summed E-state index contributed by atoms with van der Waals surface area (Å²) in [5.74, 6) is 0. The van der Waals surface area contributed by atoms with Gasteiger partial charge in [-0.2, -0.15) is 0 Å². The van der Waals surface area contributed by atoms with E-state index in [-0.39, 0.29) is 0 Å². The zero-order valence-corrected chi connectivity index (χ0v) is 6.20. The number of hydrogen-bond donors (Lipinski definition) is 2. The van der Waals surface area contributed by atoms with Crippen LogP contribution in [0.15, 0.2) is 0 Å². The van der Waals surface area contributed by atoms with Gasteiger partial charge in [0.15, 0.2) is 0 Å². The smallest absolute Gasteiger partial charge is 0.351 e. The SMILES string of the molecule is CC(O)(Br)C(O)[N+](=O)[O-]. The topological polar surface area (TPSA) is 83.6 Å². The number of nitro groups is 1. The van der Waals surface area contributed by atoms with Crippen LogP contribution in [0.2, 0.25) is 0 Å². The maximum Gasteiger partial charge on any atom is 0.351 e. The molecular weight excluding hydrogens is 194 g/mol. The second-order valence-corrected chi connectivity index (χ2v) is 3.29. The molecule has 0 fully saturated rings. The predicted molar refractivity (Wildman–Crippen MR) is 32.6 cm³/mol. The molecule has 0 aromatic rings. The van der Waals surface area contributed by atoms with Gasteiger partial charge in [0, 0.05) is 0 Å². The van der Waals surface area contributed by atoms with Crippen molar-refractivity contribution in [3.05, 3.63) is 10.1 Å². The summed E-state index contributed by atoms with van der Waals surface area (Å²) in [5.41, 5.74) is 0. The van der Waals surface area contributed by atoms with Crippen LogP contribution in [-0.2, 0) is 0 Å². The van der Waals surface area contributed by atoms with Crippen molar-refractivity contribution < 1.29 is 15.1 Å². The van der Waals surface area contributed by atoms with Crippen LogP contribution in [0.5, 0.6) is 0 Å². The summed E-state index contributed by atoms with van der Waals surface area (Å²) >= 11 is 2.51. The van der Waals surface area contributed by atoms with Gasteiger partial charge >= 0.3 is 6.23 Å². The summed E-state index contributed by atoms with van der Waals surface area (Å²) in [5, 5.41) is 26.9. The number of aliphatic hydroxyl groups excluding tert-OH is 1. The molecule has 2 N–H and O–H groups in total. The number of rotatable bonds is 2. The zero-order valence-electron chi connectivity index (χ0n) is 4.61. The second-order valence-electron chi connectivity index (χ2n) is 1.68. The number of hydrogen-bond acceptors (Lipinski definition) is 4. The highest BCUT2D eigenvalue weighted by molar-refractivity contribution is 9.10. The van der Waals surface area contributed by atoms with Crippen LogP contribution in [0.3, 0.4) is 0 Å². The van der Waals surface area contributed by atoms with Crippen molar-refractivity contribution in [2.75, 3.05) is 0 Å². The van der Waals surface area contributed by atoms with Crippen molar-refractivity contribution in [3.63, 3.8) is 0 Å². The monoisotopic (exact) mass is 199 g/mol. The Balaban J connectivity index is 4.04. The molecule has 0 saturated carbocycles. The Kier molecular flexibility index (Phi) is 2.53. The van der Waals surface area contributed by atoms with Gasteiger partial charge in [-0.25, -0.2) is 0 Å². The Morgan fingerprint density at radius 2 is 2.22 bits per heavy atom. The van der Waals surface area contributed by atoms with E-state index in [1.165, 1.54) is 0 Å². The first-order valence-electron chi connectivity index (χ1n) is 2.08. The van der Waals surface area contributed by atoms with Crippen molar-refractivity contribution in [2.45, 2.75) is 17.7 Å². The van der Waals surface area contributed by atoms with E-state index < -0.39 is 15.7 Å². The summed E-state index contributed by atoms with van der Waals surface area (Å²) < 4.78 is -1.85. The van der Waals surface area contributed by atoms with Gasteiger partial charge in [0.2, 0.25) is 4.51 Å². The van der Waals surface area contributed by atoms with Gasteiger partial charge in [0.1, 0.15) is 0 Å². The largest absolute Gasteiger partial charge is 0.371 e. The van der Waals surface area contributed by atoms with Crippen LogP contribution in [-0.4, -0.2) is 25.9 Å². The lowest BCUT2D eigenvalue weighted by molar-refractivity contribution is -0.584. The van der Waals surface area contributed by atoms with E-state index in [2.05, 4.69) is 15.9 Å². The van der Waals surface area contributed by atoms with Gasteiger partial charge in [-0.05, 0) is 22.9 Å². The number of alkyl halides is 1. The molecule has 0 radical (unpaired) electrons. The zero-order chi connectivity index (χ0) is 7.65. The quantitative estimate of drug-likeness (QED) is 0.277. The molecule has 0 aromatic heterocycles. The minimum Gasteiger partial charge on any atom is -0.371 e. The normalized spacial score (nSPS) is 20.4. The molecule has 2 unspecified atom stereocenters. The van der Waals surface area contributed by atoms with E-state index in [4.69, 9.17) is 10.2 Å². The molecule has 0 bridgehead atoms. The van der Waals surface area contributed by atoms with E-state index in [1.807, 2.05) is 0 Å². The highest BCUT2D eigenvalue weighted by atomic mass is 79.9. The van der Waals surface area contributed by atoms with E-state index in [9.17, 15) is 10.1 Å². The summed E-state index contributed by atoms with van der Waals surface area (Å²) in [4.78, 5) is 8.72. The Morgan fingerprint density at radius 3 is 2.22 bits per heavy atom. The Bertz CT molecular complexity index is 119. The van der Waals surface area contributed by atoms with Gasteiger partial charge < -0.3 is 10.2 Å². The van der Waals surface area contributed by atoms with Crippen LogP contribution in [0.1, 0.15) is 6.92 Å². The molecule has 0 amide bonds. The van der Waals surface area contributed by atoms with Gasteiger partial charge in [-0.15, -0.1) is 0 Å². The van der Waals surface area contributed by atoms with Crippen molar-refractivity contribution >= 4 is 15.9 Å². The van der Waals surface area contributed by atoms with E-state index in [0.717, 1.165) is 6.92 Å². The minimum absolute atomic E-state index is 0.991. The summed E-state index contributed by atoms with van der Waals surface area (Å²) in [7, 11) is 0. The molecule has 54 valence electrons. The minimum atomic E-state index is -1.99. The second kappa shape index (κ2) is 2.59. The summed E-state index contributed by atoms with van der Waals surface area (Å²) in [6, 6.07) is 0. The molecule has 0 saturated heterocycles. The van der Waals surface area contributed by atoms with Crippen molar-refractivity contribution in [1.29, 1.82) is 0 Å². The van der Waals surface area contributed by atoms with Crippen LogP contribution >= 0.6 is 15.9 Å². The standard InChI is InChI=1S/C3H6BrNO4/c1-3(4,7)2(6)5(8)9/h2,6-7H,1H3. The highest BCUT2D eigenvalue weighted by Gasteiger charge is 2.36. The molecule has 6 heteroatoms. The first-order chi connectivity index (χ1) is 3.85. The lowest BCUT2D eigenvalue weighted by Gasteiger charge is -2.13. The molecule has 0 aromatic carbocycles. The first kappa shape index (κ1) is 8.80. The fourth-order valence-electron chi connectivity index (χ4n) is 0.192. The van der Waals surface area contributed by atoms with Crippen molar-refractivity contribution in [2.24, 2.45) is 0 Å². The number of halogens is 1. The van der Waals surface area contributed by atoms with E-state index in [0.29, 0.717) is 0 Å². The highest BCUT2D eigenvalue weighted by Crippen LogP contribution is 2.17. The van der Waals surface area contributed by atoms with Crippen molar-refractivity contribution in [3.8, 4) is 0 Å². The number of aliphatic hydroxyl groups is 2. The Morgan fingerprint density at radius 1 is 1.89 bits per heavy atom. The maximum atomic E-state index is 9.71. The molecule has 0 aliphatic rings. The van der Waals surface area contributed by atoms with Crippen LogP contribution in [0.4, 0.5) is 0 Å². The average molecular weight is 200 g/mol. The third kappa shape index (κ3) is 2.73. The molecule has 0 aliphatic heterocycles. The Labute approximate surface area is 59.6 Å². The summed E-state index contributed by atoms with van der Waals surface area (Å²) in [6.45, 7) is 1.08. The van der Waals surface area contributed by atoms with Crippen LogP contribution in [0, 0.1) is 10.1 Å². The third-order valence-corrected chi connectivity index (χ3v) is 1.08. The Hall–Kier alpha value is -0.200. The molecule has 9 heavy (non-hydrogen) atoms. The van der Waals surface area contributed by atoms with Gasteiger partial charge in [-0.1, -0.05) is 0 Å². The molecule has 2 atom stereocenters. The maximum absolute atomic E-state index is 9.71. The lowest BCUT2D eigenvalue weighted by atomic mass is 10.4. The van der Waals surface area contributed by atoms with Gasteiger partial charge in [-0.3, -0.25) is 10.1 Å². The fourth-order valence-corrected chi connectivity index (χ4v) is 0.360. The fraction of sp³-hybridized carbons (Fsp3) is 1.00. The van der Waals surface area contributed by atoms with Crippen LogP contribution in [0.25, 0.3) is 0 Å². The average Bonchev–Trinajstić information content (AvgIpc) is 1.62. The van der Waals surface area contributed by atoms with Crippen molar-refractivity contribution in [1.82, 2.24) is 0 Å². The van der Waals surface area contributed by atoms with E-state index in [1.54, 1.807) is 0 Å². The van der Waals surface area contributed by atoms with Gasteiger partial charge in [0.25, 0.3) is 0 Å². The third-order valence-electron chi connectivity index (χ3n) is 0.671. The molecule has 5 nitrogen and oxygen atoms in total. The molecule has 0 heterocycles. The number of nitrogens with zero attached hydrogens (tertiary/aromatic N) is 1. The van der Waals surface area contributed by atoms with E-state index >= 15 is 0 Å².